The Hall–Kier alpha value is -2.15. The lowest BCUT2D eigenvalue weighted by atomic mass is 10.1. The van der Waals surface area contributed by atoms with Gasteiger partial charge in [-0.2, -0.15) is 0 Å². The molecule has 108 valence electrons. The smallest absolute Gasteiger partial charge is 0.270 e. The van der Waals surface area contributed by atoms with Crippen LogP contribution in [-0.2, 0) is 4.79 Å². The molecular weight excluding hydrogens is 260 g/mol. The van der Waals surface area contributed by atoms with Crippen molar-refractivity contribution in [3.8, 4) is 0 Å². The quantitative estimate of drug-likeness (QED) is 0.714. The Kier molecular flexibility index (Phi) is 4.19. The highest BCUT2D eigenvalue weighted by Gasteiger charge is 2.28. The second-order valence-electron chi connectivity index (χ2n) is 5.04. The van der Waals surface area contributed by atoms with E-state index in [4.69, 9.17) is 5.73 Å². The Bertz CT molecular complexity index is 569. The zero-order valence-corrected chi connectivity index (χ0v) is 11.3. The number of hydrogen-bond acceptors (Lipinski definition) is 4. The second-order valence-corrected chi connectivity index (χ2v) is 5.04. The summed E-state index contributed by atoms with van der Waals surface area (Å²) in [5.74, 6) is -1.11. The van der Waals surface area contributed by atoms with Crippen LogP contribution in [0.4, 0.5) is 0 Å². The molecule has 0 saturated carbocycles. The summed E-state index contributed by atoms with van der Waals surface area (Å²) in [5.41, 5.74) is 5.26. The number of pyridine rings is 1. The van der Waals surface area contributed by atoms with Gasteiger partial charge in [-0.05, 0) is 13.1 Å². The number of likely N-dealkylation sites (N-methyl/N-ethyl adjacent to an activating group) is 1. The Labute approximate surface area is 116 Å². The number of rotatable bonds is 2. The van der Waals surface area contributed by atoms with Crippen molar-refractivity contribution < 1.29 is 9.59 Å². The fraction of sp³-hybridized carbons (Fsp3) is 0.462. The number of aromatic nitrogens is 1. The molecule has 0 radical (unpaired) electrons. The van der Waals surface area contributed by atoms with E-state index in [2.05, 4.69) is 4.98 Å². The molecule has 0 bridgehead atoms. The fourth-order valence-electron chi connectivity index (χ4n) is 2.28. The first-order valence-electron chi connectivity index (χ1n) is 6.44. The van der Waals surface area contributed by atoms with Gasteiger partial charge >= 0.3 is 0 Å². The van der Waals surface area contributed by atoms with Gasteiger partial charge in [0.05, 0.1) is 5.92 Å². The van der Waals surface area contributed by atoms with Crippen LogP contribution in [-0.4, -0.2) is 59.8 Å². The minimum atomic E-state index is -0.418. The van der Waals surface area contributed by atoms with Gasteiger partial charge in [0.25, 0.3) is 5.91 Å². The highest BCUT2D eigenvalue weighted by atomic mass is 16.2. The minimum absolute atomic E-state index is 0.227. The SMILES string of the molecule is CN1CCN(C(=O)c2cccc(=O)[nH]2)CC(C(N)=O)C1. The van der Waals surface area contributed by atoms with E-state index in [1.54, 1.807) is 11.0 Å². The first-order chi connectivity index (χ1) is 9.47. The standard InChI is InChI=1S/C13H18N4O3/c1-16-5-6-17(8-9(7-16)12(14)19)13(20)10-3-2-4-11(18)15-10/h2-4,9H,5-8H2,1H3,(H2,14,19)(H,15,18). The molecule has 1 fully saturated rings. The molecule has 1 atom stereocenters. The van der Waals surface area contributed by atoms with Crippen molar-refractivity contribution in [2.75, 3.05) is 33.2 Å². The zero-order valence-electron chi connectivity index (χ0n) is 11.3. The van der Waals surface area contributed by atoms with Gasteiger partial charge in [-0.1, -0.05) is 6.07 Å². The van der Waals surface area contributed by atoms with Crippen LogP contribution in [0.15, 0.2) is 23.0 Å². The van der Waals surface area contributed by atoms with Crippen LogP contribution in [0.5, 0.6) is 0 Å². The number of primary amides is 1. The largest absolute Gasteiger partial charge is 0.369 e. The molecule has 7 heteroatoms. The van der Waals surface area contributed by atoms with E-state index in [1.165, 1.54) is 12.1 Å². The van der Waals surface area contributed by atoms with Crippen LogP contribution in [0.1, 0.15) is 10.5 Å². The molecule has 1 aliphatic rings. The molecule has 20 heavy (non-hydrogen) atoms. The van der Waals surface area contributed by atoms with Gasteiger partial charge in [-0.3, -0.25) is 14.4 Å². The van der Waals surface area contributed by atoms with Crippen LogP contribution >= 0.6 is 0 Å². The first kappa shape index (κ1) is 14.3. The number of carbonyl (C=O) groups excluding carboxylic acids is 2. The molecule has 2 amide bonds. The van der Waals surface area contributed by atoms with E-state index in [-0.39, 0.29) is 23.7 Å². The van der Waals surface area contributed by atoms with E-state index < -0.39 is 11.8 Å². The third-order valence-corrected chi connectivity index (χ3v) is 3.41. The van der Waals surface area contributed by atoms with Crippen molar-refractivity contribution in [2.24, 2.45) is 11.7 Å². The first-order valence-corrected chi connectivity index (χ1v) is 6.44. The molecular formula is C13H18N4O3. The summed E-state index contributed by atoms with van der Waals surface area (Å²) in [6, 6.07) is 4.43. The van der Waals surface area contributed by atoms with Crippen molar-refractivity contribution in [2.45, 2.75) is 0 Å². The van der Waals surface area contributed by atoms with E-state index in [0.717, 1.165) is 0 Å². The van der Waals surface area contributed by atoms with Gasteiger partial charge in [0.2, 0.25) is 11.5 Å². The summed E-state index contributed by atoms with van der Waals surface area (Å²) < 4.78 is 0. The maximum atomic E-state index is 12.4. The van der Waals surface area contributed by atoms with Crippen LogP contribution in [0, 0.1) is 5.92 Å². The number of H-pyrrole nitrogens is 1. The Morgan fingerprint density at radius 3 is 2.70 bits per heavy atom. The van der Waals surface area contributed by atoms with Gasteiger partial charge in [0, 0.05) is 32.2 Å². The summed E-state index contributed by atoms with van der Waals surface area (Å²) in [4.78, 5) is 41.1. The molecule has 1 aromatic rings. The van der Waals surface area contributed by atoms with Gasteiger partial charge in [0.1, 0.15) is 5.69 Å². The summed E-state index contributed by atoms with van der Waals surface area (Å²) >= 11 is 0. The van der Waals surface area contributed by atoms with Crippen molar-refractivity contribution in [1.29, 1.82) is 0 Å². The normalized spacial score (nSPS) is 20.4. The molecule has 0 aromatic carbocycles. The number of nitrogens with two attached hydrogens (primary N) is 1. The Balaban J connectivity index is 2.20. The lowest BCUT2D eigenvalue weighted by Crippen LogP contribution is -2.40. The van der Waals surface area contributed by atoms with Crippen molar-refractivity contribution in [3.63, 3.8) is 0 Å². The summed E-state index contributed by atoms with van der Waals surface area (Å²) in [6.07, 6.45) is 0. The highest BCUT2D eigenvalue weighted by molar-refractivity contribution is 5.92. The van der Waals surface area contributed by atoms with E-state index in [1.807, 2.05) is 11.9 Å². The molecule has 2 rings (SSSR count). The lowest BCUT2D eigenvalue weighted by molar-refractivity contribution is -0.122. The van der Waals surface area contributed by atoms with Crippen LogP contribution in [0.2, 0.25) is 0 Å². The zero-order chi connectivity index (χ0) is 14.7. The van der Waals surface area contributed by atoms with Crippen molar-refractivity contribution in [3.05, 3.63) is 34.2 Å². The number of nitrogens with one attached hydrogen (secondary N) is 1. The Morgan fingerprint density at radius 2 is 2.05 bits per heavy atom. The lowest BCUT2D eigenvalue weighted by Gasteiger charge is -2.22. The molecule has 0 spiro atoms. The second kappa shape index (κ2) is 5.87. The minimum Gasteiger partial charge on any atom is -0.369 e. The predicted octanol–water partition coefficient (Wildman–Crippen LogP) is -1.14. The number of amides is 2. The van der Waals surface area contributed by atoms with Crippen molar-refractivity contribution >= 4 is 11.8 Å². The number of hydrogen-bond donors (Lipinski definition) is 2. The van der Waals surface area contributed by atoms with Gasteiger partial charge in [0.15, 0.2) is 0 Å². The molecule has 7 nitrogen and oxygen atoms in total. The van der Waals surface area contributed by atoms with Crippen LogP contribution in [0.3, 0.4) is 0 Å². The molecule has 3 N–H and O–H groups in total. The molecule has 1 unspecified atom stereocenters. The predicted molar refractivity (Wildman–Crippen MR) is 73.1 cm³/mol. The number of carbonyl (C=O) groups is 2. The average Bonchev–Trinajstić information content (AvgIpc) is 2.60. The summed E-state index contributed by atoms with van der Waals surface area (Å²) in [7, 11) is 1.88. The monoisotopic (exact) mass is 278 g/mol. The maximum Gasteiger partial charge on any atom is 0.270 e. The van der Waals surface area contributed by atoms with Gasteiger partial charge < -0.3 is 20.5 Å². The number of nitrogens with zero attached hydrogens (tertiary/aromatic N) is 2. The fourth-order valence-corrected chi connectivity index (χ4v) is 2.28. The summed E-state index contributed by atoms with van der Waals surface area (Å²) in [6.45, 7) is 1.96. The Morgan fingerprint density at radius 1 is 1.30 bits per heavy atom. The van der Waals surface area contributed by atoms with Gasteiger partial charge in [-0.15, -0.1) is 0 Å². The van der Waals surface area contributed by atoms with Crippen LogP contribution < -0.4 is 11.3 Å². The van der Waals surface area contributed by atoms with E-state index >= 15 is 0 Å². The topological polar surface area (TPSA) is 99.5 Å². The van der Waals surface area contributed by atoms with Gasteiger partial charge in [-0.25, -0.2) is 0 Å². The molecule has 0 aliphatic carbocycles. The molecule has 1 aromatic heterocycles. The third-order valence-electron chi connectivity index (χ3n) is 3.41. The number of aromatic amines is 1. The van der Waals surface area contributed by atoms with E-state index in [9.17, 15) is 14.4 Å². The third kappa shape index (κ3) is 3.24. The molecule has 2 heterocycles. The molecule has 1 saturated heterocycles. The highest BCUT2D eigenvalue weighted by Crippen LogP contribution is 2.10. The molecule has 1 aliphatic heterocycles. The maximum absolute atomic E-state index is 12.4. The van der Waals surface area contributed by atoms with E-state index in [0.29, 0.717) is 19.6 Å². The van der Waals surface area contributed by atoms with Crippen LogP contribution in [0.25, 0.3) is 0 Å². The average molecular weight is 278 g/mol. The van der Waals surface area contributed by atoms with Crippen molar-refractivity contribution in [1.82, 2.24) is 14.8 Å². The summed E-state index contributed by atoms with van der Waals surface area (Å²) in [5, 5.41) is 0.